The van der Waals surface area contributed by atoms with E-state index in [1.54, 1.807) is 6.07 Å². The van der Waals surface area contributed by atoms with Crippen molar-refractivity contribution in [3.05, 3.63) is 42.4 Å². The SMILES string of the molecule is O=C(Nc1ccc(N2CCCC2)cc1)c1cc(N2CCCCC2)ncn1. The van der Waals surface area contributed by atoms with E-state index >= 15 is 0 Å². The van der Waals surface area contributed by atoms with Gasteiger partial charge in [-0.1, -0.05) is 0 Å². The van der Waals surface area contributed by atoms with Gasteiger partial charge in [0.15, 0.2) is 0 Å². The van der Waals surface area contributed by atoms with Crippen molar-refractivity contribution in [2.75, 3.05) is 41.3 Å². The molecule has 1 N–H and O–H groups in total. The summed E-state index contributed by atoms with van der Waals surface area (Å²) >= 11 is 0. The van der Waals surface area contributed by atoms with Crippen LogP contribution in [0.15, 0.2) is 36.7 Å². The summed E-state index contributed by atoms with van der Waals surface area (Å²) in [6, 6.07) is 9.84. The van der Waals surface area contributed by atoms with E-state index in [1.165, 1.54) is 44.1 Å². The van der Waals surface area contributed by atoms with Crippen LogP contribution in [0.1, 0.15) is 42.6 Å². The van der Waals surface area contributed by atoms with Crippen molar-refractivity contribution in [2.24, 2.45) is 0 Å². The number of carbonyl (C=O) groups excluding carboxylic acids is 1. The molecule has 6 heteroatoms. The number of anilines is 3. The van der Waals surface area contributed by atoms with Gasteiger partial charge in [0.2, 0.25) is 0 Å². The van der Waals surface area contributed by atoms with Crippen LogP contribution in [0.25, 0.3) is 0 Å². The molecule has 0 saturated carbocycles. The third-order valence-corrected chi connectivity index (χ3v) is 5.16. The van der Waals surface area contributed by atoms with Crippen LogP contribution < -0.4 is 15.1 Å². The molecular formula is C20H25N5O. The molecule has 0 aliphatic carbocycles. The standard InChI is InChI=1S/C20H25N5O/c26-20(18-14-19(22-15-21-18)25-12-2-1-3-13-25)23-16-6-8-17(9-7-16)24-10-4-5-11-24/h6-9,14-15H,1-5,10-13H2,(H,23,26). The molecule has 0 atom stereocenters. The van der Waals surface area contributed by atoms with Gasteiger partial charge in [0.1, 0.15) is 17.8 Å². The number of amides is 1. The molecule has 0 spiro atoms. The Morgan fingerprint density at radius 3 is 2.23 bits per heavy atom. The first-order chi connectivity index (χ1) is 12.8. The van der Waals surface area contributed by atoms with Crippen LogP contribution in [0.3, 0.4) is 0 Å². The second-order valence-electron chi connectivity index (χ2n) is 7.00. The summed E-state index contributed by atoms with van der Waals surface area (Å²) in [4.78, 5) is 25.7. The molecule has 0 bridgehead atoms. The molecule has 136 valence electrons. The lowest BCUT2D eigenvalue weighted by atomic mass is 10.1. The zero-order valence-corrected chi connectivity index (χ0v) is 15.0. The van der Waals surface area contributed by atoms with E-state index in [1.807, 2.05) is 12.1 Å². The molecule has 1 amide bonds. The number of nitrogens with zero attached hydrogens (tertiary/aromatic N) is 4. The van der Waals surface area contributed by atoms with E-state index in [4.69, 9.17) is 0 Å². The number of hydrogen-bond donors (Lipinski definition) is 1. The lowest BCUT2D eigenvalue weighted by Crippen LogP contribution is -2.30. The number of carbonyl (C=O) groups is 1. The molecule has 2 aromatic rings. The first-order valence-corrected chi connectivity index (χ1v) is 9.53. The second-order valence-corrected chi connectivity index (χ2v) is 7.00. The number of benzene rings is 1. The van der Waals surface area contributed by atoms with Gasteiger partial charge in [-0.2, -0.15) is 0 Å². The maximum absolute atomic E-state index is 12.6. The largest absolute Gasteiger partial charge is 0.372 e. The Morgan fingerprint density at radius 2 is 1.50 bits per heavy atom. The van der Waals surface area contributed by atoms with E-state index in [0.717, 1.165) is 37.7 Å². The third-order valence-electron chi connectivity index (χ3n) is 5.16. The van der Waals surface area contributed by atoms with Gasteiger partial charge >= 0.3 is 0 Å². The molecule has 6 nitrogen and oxygen atoms in total. The molecule has 26 heavy (non-hydrogen) atoms. The fourth-order valence-corrected chi connectivity index (χ4v) is 3.69. The van der Waals surface area contributed by atoms with Crippen molar-refractivity contribution in [2.45, 2.75) is 32.1 Å². The first kappa shape index (κ1) is 16.8. The van der Waals surface area contributed by atoms with Crippen LogP contribution in [0.4, 0.5) is 17.2 Å². The molecule has 1 aromatic heterocycles. The minimum atomic E-state index is -0.195. The van der Waals surface area contributed by atoms with Crippen molar-refractivity contribution in [3.63, 3.8) is 0 Å². The molecule has 0 radical (unpaired) electrons. The van der Waals surface area contributed by atoms with Crippen LogP contribution >= 0.6 is 0 Å². The Kier molecular flexibility index (Phi) is 5.00. The van der Waals surface area contributed by atoms with Crippen molar-refractivity contribution in [3.8, 4) is 0 Å². The van der Waals surface area contributed by atoms with Gasteiger partial charge in [-0.25, -0.2) is 9.97 Å². The predicted octanol–water partition coefficient (Wildman–Crippen LogP) is 3.32. The molecule has 0 unspecified atom stereocenters. The van der Waals surface area contributed by atoms with Crippen LogP contribution in [-0.4, -0.2) is 42.1 Å². The van der Waals surface area contributed by atoms with Gasteiger partial charge in [-0.05, 0) is 56.4 Å². The van der Waals surface area contributed by atoms with Gasteiger partial charge in [0.05, 0.1) is 0 Å². The lowest BCUT2D eigenvalue weighted by Gasteiger charge is -2.27. The summed E-state index contributed by atoms with van der Waals surface area (Å²) in [7, 11) is 0. The van der Waals surface area contributed by atoms with Gasteiger partial charge in [0, 0.05) is 43.6 Å². The van der Waals surface area contributed by atoms with Crippen molar-refractivity contribution < 1.29 is 4.79 Å². The maximum atomic E-state index is 12.6. The molecule has 2 aliphatic rings. The average molecular weight is 351 g/mol. The number of aromatic nitrogens is 2. The summed E-state index contributed by atoms with van der Waals surface area (Å²) in [5.41, 5.74) is 2.41. The summed E-state index contributed by atoms with van der Waals surface area (Å²) < 4.78 is 0. The molecule has 2 fully saturated rings. The first-order valence-electron chi connectivity index (χ1n) is 9.53. The van der Waals surface area contributed by atoms with Crippen LogP contribution in [0.5, 0.6) is 0 Å². The van der Waals surface area contributed by atoms with E-state index in [9.17, 15) is 4.79 Å². The van der Waals surface area contributed by atoms with E-state index in [2.05, 4.69) is 37.2 Å². The Balaban J connectivity index is 1.42. The highest BCUT2D eigenvalue weighted by Gasteiger charge is 2.16. The summed E-state index contributed by atoms with van der Waals surface area (Å²) in [5.74, 6) is 0.647. The molecule has 2 aliphatic heterocycles. The molecular weight excluding hydrogens is 326 g/mol. The van der Waals surface area contributed by atoms with Crippen molar-refractivity contribution >= 4 is 23.1 Å². The Labute approximate surface area is 154 Å². The monoisotopic (exact) mass is 351 g/mol. The number of hydrogen-bond acceptors (Lipinski definition) is 5. The van der Waals surface area contributed by atoms with Gasteiger partial charge in [-0.3, -0.25) is 4.79 Å². The Morgan fingerprint density at radius 1 is 0.846 bits per heavy atom. The highest BCUT2D eigenvalue weighted by atomic mass is 16.1. The maximum Gasteiger partial charge on any atom is 0.274 e. The molecule has 2 saturated heterocycles. The zero-order chi connectivity index (χ0) is 17.8. The summed E-state index contributed by atoms with van der Waals surface area (Å²) in [5, 5.41) is 2.94. The number of nitrogens with one attached hydrogen (secondary N) is 1. The van der Waals surface area contributed by atoms with Gasteiger partial charge < -0.3 is 15.1 Å². The number of rotatable bonds is 4. The quantitative estimate of drug-likeness (QED) is 0.916. The molecule has 4 rings (SSSR count). The van der Waals surface area contributed by atoms with Gasteiger partial charge in [-0.15, -0.1) is 0 Å². The Hall–Kier alpha value is -2.63. The summed E-state index contributed by atoms with van der Waals surface area (Å²) in [6.45, 7) is 4.23. The predicted molar refractivity (Wildman–Crippen MR) is 104 cm³/mol. The minimum absolute atomic E-state index is 0.195. The fourth-order valence-electron chi connectivity index (χ4n) is 3.69. The number of piperidine rings is 1. The Bertz CT molecular complexity index is 749. The zero-order valence-electron chi connectivity index (χ0n) is 15.0. The van der Waals surface area contributed by atoms with E-state index < -0.39 is 0 Å². The van der Waals surface area contributed by atoms with Crippen LogP contribution in [0.2, 0.25) is 0 Å². The van der Waals surface area contributed by atoms with Crippen molar-refractivity contribution in [1.29, 1.82) is 0 Å². The van der Waals surface area contributed by atoms with Crippen molar-refractivity contribution in [1.82, 2.24) is 9.97 Å². The smallest absolute Gasteiger partial charge is 0.274 e. The summed E-state index contributed by atoms with van der Waals surface area (Å²) in [6.07, 6.45) is 7.61. The lowest BCUT2D eigenvalue weighted by molar-refractivity contribution is 0.102. The highest BCUT2D eigenvalue weighted by molar-refractivity contribution is 6.03. The van der Waals surface area contributed by atoms with E-state index in [0.29, 0.717) is 5.69 Å². The minimum Gasteiger partial charge on any atom is -0.372 e. The third kappa shape index (κ3) is 3.79. The van der Waals surface area contributed by atoms with E-state index in [-0.39, 0.29) is 5.91 Å². The van der Waals surface area contributed by atoms with Gasteiger partial charge in [0.25, 0.3) is 5.91 Å². The van der Waals surface area contributed by atoms with Crippen LogP contribution in [0, 0.1) is 0 Å². The molecule has 3 heterocycles. The normalized spacial score (nSPS) is 17.4. The average Bonchev–Trinajstić information content (AvgIpc) is 3.24. The van der Waals surface area contributed by atoms with Crippen LogP contribution in [-0.2, 0) is 0 Å². The molecule has 1 aromatic carbocycles. The highest BCUT2D eigenvalue weighted by Crippen LogP contribution is 2.22. The second kappa shape index (κ2) is 7.72. The topological polar surface area (TPSA) is 61.4 Å². The fraction of sp³-hybridized carbons (Fsp3) is 0.450.